The molecule has 2 aromatic rings. The highest BCUT2D eigenvalue weighted by Gasteiger charge is 2.05. The average molecular weight is 249 g/mol. The van der Waals surface area contributed by atoms with Gasteiger partial charge in [-0.3, -0.25) is 0 Å². The van der Waals surface area contributed by atoms with Crippen molar-refractivity contribution in [3.63, 3.8) is 0 Å². The minimum atomic E-state index is 0.729. The summed E-state index contributed by atoms with van der Waals surface area (Å²) in [5, 5.41) is 0. The predicted octanol–water partition coefficient (Wildman–Crippen LogP) is 4.56. The van der Waals surface area contributed by atoms with Gasteiger partial charge in [-0.15, -0.1) is 11.8 Å². The van der Waals surface area contributed by atoms with Gasteiger partial charge in [-0.05, 0) is 23.5 Å². The molecule has 1 aromatic heterocycles. The molecule has 0 amide bonds. The van der Waals surface area contributed by atoms with E-state index in [4.69, 9.17) is 0 Å². The summed E-state index contributed by atoms with van der Waals surface area (Å²) in [4.78, 5) is 0. The Bertz CT molecular complexity index is 434. The van der Waals surface area contributed by atoms with Crippen molar-refractivity contribution >= 4 is 23.3 Å². The van der Waals surface area contributed by atoms with Gasteiger partial charge in [0.05, 0.1) is 9.90 Å². The number of hydrogen-bond donors (Lipinski definition) is 0. The van der Waals surface area contributed by atoms with Gasteiger partial charge >= 0.3 is 0 Å². The van der Waals surface area contributed by atoms with Gasteiger partial charge in [0.25, 0.3) is 0 Å². The molecule has 3 heteroatoms. The van der Waals surface area contributed by atoms with Crippen LogP contribution in [0.2, 0.25) is 0 Å². The van der Waals surface area contributed by atoms with E-state index in [-0.39, 0.29) is 0 Å². The molecule has 0 radical (unpaired) electrons. The van der Waals surface area contributed by atoms with Crippen molar-refractivity contribution in [2.45, 2.75) is 18.1 Å². The maximum absolute atomic E-state index is 4.49. The minimum Gasteiger partial charge on any atom is -0.192 e. The summed E-state index contributed by atoms with van der Waals surface area (Å²) in [6.45, 7) is 4.48. The van der Waals surface area contributed by atoms with Crippen molar-refractivity contribution in [1.82, 2.24) is 4.37 Å². The van der Waals surface area contributed by atoms with E-state index >= 15 is 0 Å². The van der Waals surface area contributed by atoms with Gasteiger partial charge in [0.2, 0.25) is 0 Å². The molecule has 0 saturated carbocycles. The lowest BCUT2D eigenvalue weighted by Gasteiger charge is -2.00. The second kappa shape index (κ2) is 5.51. The van der Waals surface area contributed by atoms with Crippen molar-refractivity contribution in [3.8, 4) is 11.3 Å². The summed E-state index contributed by atoms with van der Waals surface area (Å²) in [7, 11) is 0. The van der Waals surface area contributed by atoms with Crippen LogP contribution in [0.25, 0.3) is 11.3 Å². The monoisotopic (exact) mass is 249 g/mol. The molecule has 0 saturated heterocycles. The Morgan fingerprint density at radius 3 is 2.69 bits per heavy atom. The smallest absolute Gasteiger partial charge is 0.0852 e. The summed E-state index contributed by atoms with van der Waals surface area (Å²) in [5.41, 5.74) is 2.30. The van der Waals surface area contributed by atoms with E-state index in [1.807, 2.05) is 17.8 Å². The number of aromatic nitrogens is 1. The van der Waals surface area contributed by atoms with Crippen LogP contribution in [0.3, 0.4) is 0 Å². The van der Waals surface area contributed by atoms with Crippen LogP contribution in [-0.4, -0.2) is 10.1 Å². The average Bonchev–Trinajstić information content (AvgIpc) is 2.76. The van der Waals surface area contributed by atoms with Crippen molar-refractivity contribution in [1.29, 1.82) is 0 Å². The first-order valence-electron chi connectivity index (χ1n) is 5.40. The summed E-state index contributed by atoms with van der Waals surface area (Å²) in [6, 6.07) is 12.5. The first-order valence-corrected chi connectivity index (χ1v) is 7.16. The van der Waals surface area contributed by atoms with Crippen LogP contribution in [-0.2, 0) is 0 Å². The molecule has 0 aliphatic heterocycles. The first kappa shape index (κ1) is 11.7. The van der Waals surface area contributed by atoms with E-state index in [9.17, 15) is 0 Å². The minimum absolute atomic E-state index is 0.729. The zero-order valence-corrected chi connectivity index (χ0v) is 11.1. The van der Waals surface area contributed by atoms with E-state index in [0.29, 0.717) is 0 Å². The lowest BCUT2D eigenvalue weighted by molar-refractivity contribution is 0.750. The van der Waals surface area contributed by atoms with Crippen molar-refractivity contribution in [2.75, 3.05) is 5.75 Å². The van der Waals surface area contributed by atoms with E-state index < -0.39 is 0 Å². The highest BCUT2D eigenvalue weighted by Crippen LogP contribution is 2.29. The molecular formula is C13H15NS2. The number of hydrogen-bond acceptors (Lipinski definition) is 3. The second-order valence-electron chi connectivity index (χ2n) is 4.10. The van der Waals surface area contributed by atoms with Crippen molar-refractivity contribution in [3.05, 3.63) is 36.4 Å². The zero-order valence-electron chi connectivity index (χ0n) is 9.51. The zero-order chi connectivity index (χ0) is 11.4. The van der Waals surface area contributed by atoms with E-state index in [1.165, 1.54) is 9.77 Å². The van der Waals surface area contributed by atoms with Crippen LogP contribution < -0.4 is 0 Å². The molecule has 1 nitrogen and oxygen atoms in total. The molecule has 0 N–H and O–H groups in total. The fourth-order valence-electron chi connectivity index (χ4n) is 1.32. The van der Waals surface area contributed by atoms with E-state index in [2.05, 4.69) is 48.6 Å². The molecule has 16 heavy (non-hydrogen) atoms. The predicted molar refractivity (Wildman–Crippen MR) is 73.1 cm³/mol. The Morgan fingerprint density at radius 2 is 2.00 bits per heavy atom. The van der Waals surface area contributed by atoms with Gasteiger partial charge in [-0.2, -0.15) is 4.37 Å². The highest BCUT2D eigenvalue weighted by atomic mass is 32.2. The van der Waals surface area contributed by atoms with Gasteiger partial charge in [0, 0.05) is 11.3 Å². The highest BCUT2D eigenvalue weighted by molar-refractivity contribution is 8.01. The molecule has 84 valence electrons. The van der Waals surface area contributed by atoms with Gasteiger partial charge < -0.3 is 0 Å². The second-order valence-corrected chi connectivity index (χ2v) is 6.23. The summed E-state index contributed by atoms with van der Waals surface area (Å²) < 4.78 is 5.80. The Labute approximate surface area is 105 Å². The molecule has 1 heterocycles. The maximum atomic E-state index is 4.49. The van der Waals surface area contributed by atoms with Crippen LogP contribution in [0, 0.1) is 5.92 Å². The van der Waals surface area contributed by atoms with Gasteiger partial charge in [-0.25, -0.2) is 0 Å². The van der Waals surface area contributed by atoms with Gasteiger partial charge in [-0.1, -0.05) is 44.2 Å². The summed E-state index contributed by atoms with van der Waals surface area (Å²) >= 11 is 3.50. The third-order valence-corrected chi connectivity index (χ3v) is 4.52. The maximum Gasteiger partial charge on any atom is 0.0852 e. The number of benzene rings is 1. The van der Waals surface area contributed by atoms with Gasteiger partial charge in [0.1, 0.15) is 0 Å². The lowest BCUT2D eigenvalue weighted by Crippen LogP contribution is -1.88. The van der Waals surface area contributed by atoms with Crippen LogP contribution in [0.5, 0.6) is 0 Å². The number of thioether (sulfide) groups is 1. The van der Waals surface area contributed by atoms with Crippen LogP contribution in [0.1, 0.15) is 13.8 Å². The molecular weight excluding hydrogens is 234 g/mol. The fourth-order valence-corrected chi connectivity index (χ4v) is 3.05. The molecule has 2 rings (SSSR count). The molecule has 0 aliphatic carbocycles. The molecule has 0 aliphatic rings. The summed E-state index contributed by atoms with van der Waals surface area (Å²) in [6.07, 6.45) is 0. The molecule has 0 spiro atoms. The molecule has 0 fully saturated rings. The molecule has 1 aromatic carbocycles. The fraction of sp³-hybridized carbons (Fsp3) is 0.308. The standard InChI is InChI=1S/C13H15NS2/c1-10(2)9-15-13-8-12(14-16-13)11-6-4-3-5-7-11/h3-8,10H,9H2,1-2H3. The van der Waals surface area contributed by atoms with Crippen molar-refractivity contribution < 1.29 is 0 Å². The first-order chi connectivity index (χ1) is 7.75. The van der Waals surface area contributed by atoms with E-state index in [1.54, 1.807) is 11.5 Å². The normalized spacial score (nSPS) is 10.9. The Balaban J connectivity index is 2.08. The van der Waals surface area contributed by atoms with Crippen LogP contribution in [0.15, 0.2) is 40.6 Å². The lowest BCUT2D eigenvalue weighted by atomic mass is 10.2. The largest absolute Gasteiger partial charge is 0.192 e. The Kier molecular flexibility index (Phi) is 4.02. The number of nitrogens with zero attached hydrogens (tertiary/aromatic N) is 1. The third-order valence-electron chi connectivity index (χ3n) is 2.12. The third kappa shape index (κ3) is 3.09. The van der Waals surface area contributed by atoms with Crippen LogP contribution in [0.4, 0.5) is 0 Å². The van der Waals surface area contributed by atoms with Crippen LogP contribution >= 0.6 is 23.3 Å². The molecule has 0 atom stereocenters. The quantitative estimate of drug-likeness (QED) is 0.737. The molecule has 0 unspecified atom stereocenters. The Morgan fingerprint density at radius 1 is 1.25 bits per heavy atom. The molecule has 0 bridgehead atoms. The van der Waals surface area contributed by atoms with Gasteiger partial charge in [0.15, 0.2) is 0 Å². The van der Waals surface area contributed by atoms with E-state index in [0.717, 1.165) is 17.4 Å². The van der Waals surface area contributed by atoms with Crippen molar-refractivity contribution in [2.24, 2.45) is 5.92 Å². The Hall–Kier alpha value is -0.800. The topological polar surface area (TPSA) is 12.9 Å². The summed E-state index contributed by atoms with van der Waals surface area (Å²) in [5.74, 6) is 1.89. The SMILES string of the molecule is CC(C)CSc1cc(-c2ccccc2)ns1. The number of rotatable bonds is 4.